The molecule has 2 aromatic rings. The summed E-state index contributed by atoms with van der Waals surface area (Å²) in [5.74, 6) is 0.793. The number of nitrogens with one attached hydrogen (secondary N) is 1. The van der Waals surface area contributed by atoms with E-state index in [9.17, 15) is 0 Å². The van der Waals surface area contributed by atoms with E-state index in [0.717, 1.165) is 34.9 Å². The van der Waals surface area contributed by atoms with Crippen molar-refractivity contribution in [2.45, 2.75) is 0 Å². The quantitative estimate of drug-likeness (QED) is 0.490. The van der Waals surface area contributed by atoms with E-state index in [-0.39, 0.29) is 0 Å². The summed E-state index contributed by atoms with van der Waals surface area (Å²) < 4.78 is 5.77. The van der Waals surface area contributed by atoms with Crippen LogP contribution in [0, 0.1) is 0 Å². The van der Waals surface area contributed by atoms with Crippen LogP contribution in [0.25, 0.3) is 11.0 Å². The summed E-state index contributed by atoms with van der Waals surface area (Å²) in [6.45, 7) is 1.26. The van der Waals surface area contributed by atoms with Gasteiger partial charge in [0.05, 0.1) is 14.5 Å². The van der Waals surface area contributed by atoms with Gasteiger partial charge in [-0.25, -0.2) is 4.98 Å². The van der Waals surface area contributed by atoms with Crippen LogP contribution in [-0.4, -0.2) is 22.6 Å². The average Bonchev–Trinajstić information content (AvgIpc) is 2.69. The van der Waals surface area contributed by atoms with Crippen LogP contribution in [0.3, 0.4) is 0 Å². The minimum Gasteiger partial charge on any atom is -0.354 e. The fourth-order valence-corrected chi connectivity index (χ4v) is 4.08. The number of benzene rings is 1. The van der Waals surface area contributed by atoms with Gasteiger partial charge in [-0.3, -0.25) is 0 Å². The number of nitrogens with zero attached hydrogens (tertiary/aromatic N) is 2. The number of halogens is 4. The summed E-state index contributed by atoms with van der Waals surface area (Å²) in [4.78, 5) is 4.58. The van der Waals surface area contributed by atoms with E-state index in [0.29, 0.717) is 13.1 Å². The van der Waals surface area contributed by atoms with E-state index >= 15 is 0 Å². The highest BCUT2D eigenvalue weighted by Crippen LogP contribution is 2.43. The maximum atomic E-state index is 5.50. The number of aryl methyl sites for hydroxylation is 1. The molecule has 0 saturated heterocycles. The molecule has 0 aliphatic heterocycles. The molecule has 1 heterocycles. The third-order valence-electron chi connectivity index (χ3n) is 2.52. The number of fused-ring (bicyclic) bond motifs is 1. The molecule has 0 aliphatic carbocycles. The predicted octanol–water partition coefficient (Wildman–Crippen LogP) is 3.99. The smallest absolute Gasteiger partial charge is 0.203 e. The SMILES string of the molecule is Cn1c(NCCN)nc2c(Br)c(Br)c(Br)c(Br)c21. The number of aromatic nitrogens is 2. The lowest BCUT2D eigenvalue weighted by atomic mass is 10.3. The van der Waals surface area contributed by atoms with Gasteiger partial charge in [-0.2, -0.15) is 0 Å². The minimum absolute atomic E-state index is 0.568. The van der Waals surface area contributed by atoms with E-state index in [1.165, 1.54) is 0 Å². The fraction of sp³-hybridized carbons (Fsp3) is 0.300. The van der Waals surface area contributed by atoms with Gasteiger partial charge in [-0.05, 0) is 63.7 Å². The van der Waals surface area contributed by atoms with Crippen LogP contribution in [-0.2, 0) is 7.05 Å². The van der Waals surface area contributed by atoms with Crippen molar-refractivity contribution in [1.82, 2.24) is 9.55 Å². The van der Waals surface area contributed by atoms with Crippen molar-refractivity contribution in [3.05, 3.63) is 17.9 Å². The largest absolute Gasteiger partial charge is 0.354 e. The first-order valence-electron chi connectivity index (χ1n) is 5.11. The molecule has 3 N–H and O–H groups in total. The summed E-state index contributed by atoms with van der Waals surface area (Å²) in [5.41, 5.74) is 7.39. The second-order valence-corrected chi connectivity index (χ2v) is 6.84. The van der Waals surface area contributed by atoms with E-state index < -0.39 is 0 Å². The van der Waals surface area contributed by atoms with Crippen molar-refractivity contribution in [3.63, 3.8) is 0 Å². The normalized spacial score (nSPS) is 11.2. The van der Waals surface area contributed by atoms with Crippen LogP contribution in [0.1, 0.15) is 0 Å². The lowest BCUT2D eigenvalue weighted by Gasteiger charge is -2.07. The molecule has 1 aromatic heterocycles. The highest BCUT2D eigenvalue weighted by molar-refractivity contribution is 9.15. The monoisotopic (exact) mass is 502 g/mol. The van der Waals surface area contributed by atoms with E-state index in [1.54, 1.807) is 0 Å². The molecule has 0 amide bonds. The lowest BCUT2D eigenvalue weighted by Crippen LogP contribution is -2.15. The maximum Gasteiger partial charge on any atom is 0.203 e. The molecule has 0 atom stereocenters. The molecule has 18 heavy (non-hydrogen) atoms. The first-order chi connectivity index (χ1) is 8.49. The zero-order chi connectivity index (χ0) is 13.4. The predicted molar refractivity (Wildman–Crippen MR) is 89.1 cm³/mol. The number of rotatable bonds is 3. The van der Waals surface area contributed by atoms with Gasteiger partial charge < -0.3 is 15.6 Å². The number of hydrogen-bond acceptors (Lipinski definition) is 3. The Hall–Kier alpha value is 0.370. The van der Waals surface area contributed by atoms with Crippen molar-refractivity contribution in [1.29, 1.82) is 0 Å². The van der Waals surface area contributed by atoms with Gasteiger partial charge in [-0.15, -0.1) is 0 Å². The van der Waals surface area contributed by atoms with Gasteiger partial charge >= 0.3 is 0 Å². The Balaban J connectivity index is 2.72. The lowest BCUT2D eigenvalue weighted by molar-refractivity contribution is 0.913. The Bertz CT molecular complexity index is 608. The van der Waals surface area contributed by atoms with Gasteiger partial charge in [0.25, 0.3) is 0 Å². The third kappa shape index (κ3) is 2.37. The van der Waals surface area contributed by atoms with Crippen molar-refractivity contribution in [2.24, 2.45) is 12.8 Å². The number of nitrogens with two attached hydrogens (primary N) is 1. The second kappa shape index (κ2) is 5.78. The molecule has 0 fully saturated rings. The molecule has 0 aliphatic rings. The van der Waals surface area contributed by atoms with E-state index in [2.05, 4.69) is 74.0 Å². The van der Waals surface area contributed by atoms with Crippen LogP contribution in [0.15, 0.2) is 17.9 Å². The summed E-state index contributed by atoms with van der Waals surface area (Å²) >= 11 is 14.2. The summed E-state index contributed by atoms with van der Waals surface area (Å²) in [6.07, 6.45) is 0. The van der Waals surface area contributed by atoms with E-state index in [1.807, 2.05) is 11.6 Å². The third-order valence-corrected chi connectivity index (χ3v) is 7.24. The molecule has 0 spiro atoms. The molecule has 0 saturated carbocycles. The topological polar surface area (TPSA) is 55.9 Å². The highest BCUT2D eigenvalue weighted by atomic mass is 79.9. The van der Waals surface area contributed by atoms with Gasteiger partial charge in [0.1, 0.15) is 5.52 Å². The van der Waals surface area contributed by atoms with Crippen LogP contribution in [0.5, 0.6) is 0 Å². The van der Waals surface area contributed by atoms with Crippen molar-refractivity contribution >= 4 is 80.7 Å². The Morgan fingerprint density at radius 1 is 1.11 bits per heavy atom. The van der Waals surface area contributed by atoms with Crippen molar-refractivity contribution in [3.8, 4) is 0 Å². The minimum atomic E-state index is 0.568. The summed E-state index contributed by atoms with van der Waals surface area (Å²) in [5, 5.41) is 3.20. The Kier molecular flexibility index (Phi) is 4.75. The molecule has 4 nitrogen and oxygen atoms in total. The molecule has 2 rings (SSSR count). The summed E-state index contributed by atoms with van der Waals surface area (Å²) in [6, 6.07) is 0. The number of hydrogen-bond donors (Lipinski definition) is 2. The molecule has 98 valence electrons. The zero-order valence-electron chi connectivity index (χ0n) is 9.40. The molecule has 1 aromatic carbocycles. The number of anilines is 1. The molecule has 0 bridgehead atoms. The van der Waals surface area contributed by atoms with Gasteiger partial charge in [0.2, 0.25) is 5.95 Å². The van der Waals surface area contributed by atoms with Gasteiger partial charge in [0, 0.05) is 29.1 Å². The molecular formula is C10H10Br4N4. The number of imidazole rings is 1. The van der Waals surface area contributed by atoms with Crippen molar-refractivity contribution < 1.29 is 0 Å². The average molecular weight is 506 g/mol. The van der Waals surface area contributed by atoms with Gasteiger partial charge in [0.15, 0.2) is 0 Å². The van der Waals surface area contributed by atoms with E-state index in [4.69, 9.17) is 5.73 Å². The Morgan fingerprint density at radius 3 is 2.33 bits per heavy atom. The molecule has 8 heteroatoms. The Morgan fingerprint density at radius 2 is 1.72 bits per heavy atom. The van der Waals surface area contributed by atoms with Crippen molar-refractivity contribution in [2.75, 3.05) is 18.4 Å². The van der Waals surface area contributed by atoms with Crippen LogP contribution in [0.2, 0.25) is 0 Å². The van der Waals surface area contributed by atoms with Crippen LogP contribution in [0.4, 0.5) is 5.95 Å². The highest BCUT2D eigenvalue weighted by Gasteiger charge is 2.19. The maximum absolute atomic E-state index is 5.50. The zero-order valence-corrected chi connectivity index (χ0v) is 15.7. The standard InChI is InChI=1S/C10H10Br4N4/c1-18-9-7(14)5(12)4(11)6(13)8(9)17-10(18)16-3-2-15/h2-3,15H2,1H3,(H,16,17). The molecular weight excluding hydrogens is 496 g/mol. The Labute approximate surface area is 138 Å². The fourth-order valence-electron chi connectivity index (χ4n) is 1.65. The second-order valence-electron chi connectivity index (χ2n) is 3.66. The molecule has 0 unspecified atom stereocenters. The van der Waals surface area contributed by atoms with Crippen LogP contribution < -0.4 is 11.1 Å². The summed E-state index contributed by atoms with van der Waals surface area (Å²) in [7, 11) is 1.96. The first kappa shape index (κ1) is 14.8. The molecule has 0 radical (unpaired) electrons. The van der Waals surface area contributed by atoms with Crippen LogP contribution >= 0.6 is 63.7 Å². The first-order valence-corrected chi connectivity index (χ1v) is 8.28. The van der Waals surface area contributed by atoms with Gasteiger partial charge in [-0.1, -0.05) is 0 Å².